The topological polar surface area (TPSA) is 50.1 Å². The lowest BCUT2D eigenvalue weighted by molar-refractivity contribution is 0.275. The second-order valence-corrected chi connectivity index (χ2v) is 4.84. The number of hydrogen-bond donors (Lipinski definition) is 2. The average Bonchev–Trinajstić information content (AvgIpc) is 2.79. The summed E-state index contributed by atoms with van der Waals surface area (Å²) in [5, 5.41) is 13.2. The molecule has 0 saturated heterocycles. The summed E-state index contributed by atoms with van der Waals surface area (Å²) in [5.74, 6) is 1.19. The van der Waals surface area contributed by atoms with Gasteiger partial charge in [0.15, 0.2) is 0 Å². The standard InChI is InChI=1S/C13H14ClN3O/c14-10-1-2-12-11(7-10)16-8-9(3-6-18)13-15-4-5-17(12)13/h1-2,4-5,7,9,16,18H,3,6,8H2. The molecule has 1 aliphatic heterocycles. The molecule has 1 aliphatic rings. The van der Waals surface area contributed by atoms with Gasteiger partial charge in [0.2, 0.25) is 0 Å². The predicted molar refractivity (Wildman–Crippen MR) is 71.5 cm³/mol. The molecule has 1 unspecified atom stereocenters. The zero-order valence-electron chi connectivity index (χ0n) is 9.81. The summed E-state index contributed by atoms with van der Waals surface area (Å²) >= 11 is 6.02. The van der Waals surface area contributed by atoms with Gasteiger partial charge >= 0.3 is 0 Å². The van der Waals surface area contributed by atoms with Gasteiger partial charge in [0.1, 0.15) is 5.82 Å². The number of aromatic nitrogens is 2. The van der Waals surface area contributed by atoms with Crippen LogP contribution in [-0.4, -0.2) is 27.8 Å². The van der Waals surface area contributed by atoms with Crippen LogP contribution in [0.2, 0.25) is 5.02 Å². The first-order valence-electron chi connectivity index (χ1n) is 5.97. The van der Waals surface area contributed by atoms with Crippen molar-refractivity contribution in [2.45, 2.75) is 12.3 Å². The largest absolute Gasteiger partial charge is 0.396 e. The monoisotopic (exact) mass is 263 g/mol. The van der Waals surface area contributed by atoms with E-state index in [0.29, 0.717) is 11.4 Å². The van der Waals surface area contributed by atoms with E-state index < -0.39 is 0 Å². The van der Waals surface area contributed by atoms with Crippen LogP contribution in [0.25, 0.3) is 5.69 Å². The fourth-order valence-electron chi connectivity index (χ4n) is 2.39. The van der Waals surface area contributed by atoms with E-state index in [1.165, 1.54) is 0 Å². The lowest BCUT2D eigenvalue weighted by Gasteiger charge is -2.12. The van der Waals surface area contributed by atoms with Crippen molar-refractivity contribution in [3.63, 3.8) is 0 Å². The lowest BCUT2D eigenvalue weighted by Crippen LogP contribution is -2.14. The van der Waals surface area contributed by atoms with Crippen molar-refractivity contribution in [3.8, 4) is 5.69 Å². The van der Waals surface area contributed by atoms with Gasteiger partial charge in [0.25, 0.3) is 0 Å². The normalized spacial score (nSPS) is 17.6. The first kappa shape index (κ1) is 11.6. The molecule has 18 heavy (non-hydrogen) atoms. The third-order valence-corrected chi connectivity index (χ3v) is 3.50. The maximum atomic E-state index is 9.15. The van der Waals surface area contributed by atoms with Crippen LogP contribution in [0.15, 0.2) is 30.6 Å². The second-order valence-electron chi connectivity index (χ2n) is 4.41. The minimum Gasteiger partial charge on any atom is -0.396 e. The van der Waals surface area contributed by atoms with E-state index in [4.69, 9.17) is 16.7 Å². The van der Waals surface area contributed by atoms with E-state index in [1.54, 1.807) is 6.20 Å². The molecular weight excluding hydrogens is 250 g/mol. The van der Waals surface area contributed by atoms with Gasteiger partial charge in [-0.1, -0.05) is 11.6 Å². The molecule has 3 rings (SSSR count). The number of imidazole rings is 1. The summed E-state index contributed by atoms with van der Waals surface area (Å²) in [6.45, 7) is 0.918. The highest BCUT2D eigenvalue weighted by Crippen LogP contribution is 2.32. The van der Waals surface area contributed by atoms with Gasteiger partial charge < -0.3 is 15.0 Å². The number of anilines is 1. The van der Waals surface area contributed by atoms with Gasteiger partial charge in [-0.15, -0.1) is 0 Å². The molecule has 2 heterocycles. The Hall–Kier alpha value is -1.52. The van der Waals surface area contributed by atoms with E-state index in [9.17, 15) is 0 Å². The van der Waals surface area contributed by atoms with Crippen LogP contribution in [0.1, 0.15) is 18.2 Å². The number of nitrogens with one attached hydrogen (secondary N) is 1. The highest BCUT2D eigenvalue weighted by Gasteiger charge is 2.22. The van der Waals surface area contributed by atoms with Crippen molar-refractivity contribution in [2.75, 3.05) is 18.5 Å². The Bertz CT molecular complexity index is 567. The zero-order valence-corrected chi connectivity index (χ0v) is 10.6. The zero-order chi connectivity index (χ0) is 12.5. The van der Waals surface area contributed by atoms with Gasteiger partial charge in [-0.3, -0.25) is 0 Å². The predicted octanol–water partition coefficient (Wildman–Crippen LogP) is 2.42. The molecule has 1 aromatic heterocycles. The molecule has 0 aliphatic carbocycles. The Morgan fingerprint density at radius 1 is 1.50 bits per heavy atom. The molecule has 5 heteroatoms. The summed E-state index contributed by atoms with van der Waals surface area (Å²) in [7, 11) is 0. The van der Waals surface area contributed by atoms with E-state index >= 15 is 0 Å². The molecule has 0 amide bonds. The van der Waals surface area contributed by atoms with Crippen molar-refractivity contribution in [2.24, 2.45) is 0 Å². The first-order valence-corrected chi connectivity index (χ1v) is 6.35. The van der Waals surface area contributed by atoms with E-state index in [1.807, 2.05) is 24.4 Å². The molecule has 1 atom stereocenters. The van der Waals surface area contributed by atoms with Crippen molar-refractivity contribution in [3.05, 3.63) is 41.4 Å². The van der Waals surface area contributed by atoms with Crippen LogP contribution < -0.4 is 5.32 Å². The van der Waals surface area contributed by atoms with Crippen molar-refractivity contribution < 1.29 is 5.11 Å². The Balaban J connectivity index is 2.11. The van der Waals surface area contributed by atoms with Gasteiger partial charge in [0, 0.05) is 36.5 Å². The molecule has 2 aromatic rings. The quantitative estimate of drug-likeness (QED) is 0.875. The number of rotatable bonds is 2. The van der Waals surface area contributed by atoms with Crippen molar-refractivity contribution >= 4 is 17.3 Å². The molecule has 4 nitrogen and oxygen atoms in total. The minimum absolute atomic E-state index is 0.163. The summed E-state index contributed by atoms with van der Waals surface area (Å²) < 4.78 is 2.06. The van der Waals surface area contributed by atoms with Gasteiger partial charge in [-0.05, 0) is 24.6 Å². The number of aliphatic hydroxyl groups excluding tert-OH is 1. The Morgan fingerprint density at radius 2 is 2.39 bits per heavy atom. The molecule has 0 saturated carbocycles. The first-order chi connectivity index (χ1) is 8.79. The second kappa shape index (κ2) is 4.63. The maximum Gasteiger partial charge on any atom is 0.118 e. The maximum absolute atomic E-state index is 9.15. The number of fused-ring (bicyclic) bond motifs is 3. The minimum atomic E-state index is 0.163. The number of halogens is 1. The van der Waals surface area contributed by atoms with Crippen LogP contribution in [0.5, 0.6) is 0 Å². The molecule has 1 aromatic carbocycles. The fraction of sp³-hybridized carbons (Fsp3) is 0.308. The molecule has 0 radical (unpaired) electrons. The summed E-state index contributed by atoms with van der Waals surface area (Å²) in [6, 6.07) is 5.78. The Labute approximate surface area is 110 Å². The van der Waals surface area contributed by atoms with Gasteiger partial charge in [-0.2, -0.15) is 0 Å². The summed E-state index contributed by atoms with van der Waals surface area (Å²) in [4.78, 5) is 4.42. The van der Waals surface area contributed by atoms with Crippen molar-refractivity contribution in [1.82, 2.24) is 9.55 Å². The highest BCUT2D eigenvalue weighted by atomic mass is 35.5. The van der Waals surface area contributed by atoms with E-state index in [2.05, 4.69) is 14.9 Å². The molecule has 0 spiro atoms. The molecule has 94 valence electrons. The summed E-state index contributed by atoms with van der Waals surface area (Å²) in [5.41, 5.74) is 2.05. The smallest absolute Gasteiger partial charge is 0.118 e. The third kappa shape index (κ3) is 1.87. The Morgan fingerprint density at radius 3 is 3.22 bits per heavy atom. The SMILES string of the molecule is OCCC1CNc2cc(Cl)ccc2-n2ccnc21. The average molecular weight is 264 g/mol. The third-order valence-electron chi connectivity index (χ3n) is 3.27. The van der Waals surface area contributed by atoms with Gasteiger partial charge in [0.05, 0.1) is 11.4 Å². The molecule has 2 N–H and O–H groups in total. The number of nitrogens with zero attached hydrogens (tertiary/aromatic N) is 2. The Kier molecular flexibility index (Phi) is 2.97. The van der Waals surface area contributed by atoms with Gasteiger partial charge in [-0.25, -0.2) is 4.98 Å². The molecular formula is C13H14ClN3O. The number of aliphatic hydroxyl groups is 1. The number of benzene rings is 1. The molecule has 0 fully saturated rings. The lowest BCUT2D eigenvalue weighted by atomic mass is 10.1. The number of hydrogen-bond acceptors (Lipinski definition) is 3. The molecule has 0 bridgehead atoms. The fourth-order valence-corrected chi connectivity index (χ4v) is 2.56. The van der Waals surface area contributed by atoms with Crippen LogP contribution in [-0.2, 0) is 0 Å². The summed E-state index contributed by atoms with van der Waals surface area (Å²) in [6.07, 6.45) is 4.44. The highest BCUT2D eigenvalue weighted by molar-refractivity contribution is 6.31. The van der Waals surface area contributed by atoms with E-state index in [0.717, 1.165) is 23.7 Å². The van der Waals surface area contributed by atoms with Crippen molar-refractivity contribution in [1.29, 1.82) is 0 Å². The van der Waals surface area contributed by atoms with Crippen LogP contribution in [0.4, 0.5) is 5.69 Å². The van der Waals surface area contributed by atoms with Crippen LogP contribution in [0, 0.1) is 0 Å². The van der Waals surface area contributed by atoms with Crippen LogP contribution >= 0.6 is 11.6 Å². The van der Waals surface area contributed by atoms with E-state index in [-0.39, 0.29) is 12.5 Å². The van der Waals surface area contributed by atoms with Crippen LogP contribution in [0.3, 0.4) is 0 Å².